The highest BCUT2D eigenvalue weighted by atomic mass is 16.5. The lowest BCUT2D eigenvalue weighted by Crippen LogP contribution is -2.25. The quantitative estimate of drug-likeness (QED) is 0.772. The molecule has 19 heavy (non-hydrogen) atoms. The fourth-order valence-corrected chi connectivity index (χ4v) is 2.40. The number of hydrogen-bond donors (Lipinski definition) is 2. The second-order valence-corrected chi connectivity index (χ2v) is 5.43. The molecule has 1 saturated carbocycles. The zero-order valence-corrected chi connectivity index (χ0v) is 11.1. The van der Waals surface area contributed by atoms with Crippen molar-refractivity contribution in [1.82, 2.24) is 5.32 Å². The van der Waals surface area contributed by atoms with Crippen molar-refractivity contribution in [3.8, 4) is 5.75 Å². The minimum Gasteiger partial charge on any atom is -0.482 e. The third-order valence-electron chi connectivity index (χ3n) is 3.67. The van der Waals surface area contributed by atoms with Gasteiger partial charge in [0.25, 0.3) is 5.91 Å². The third-order valence-corrected chi connectivity index (χ3v) is 3.67. The highest BCUT2D eigenvalue weighted by Gasteiger charge is 2.20. The monoisotopic (exact) mass is 260 g/mol. The van der Waals surface area contributed by atoms with Crippen LogP contribution in [0.4, 0.5) is 5.69 Å². The summed E-state index contributed by atoms with van der Waals surface area (Å²) < 4.78 is 5.33. The molecule has 1 aliphatic carbocycles. The number of fused-ring (bicyclic) bond motifs is 1. The van der Waals surface area contributed by atoms with E-state index in [1.54, 1.807) is 0 Å². The Balaban J connectivity index is 1.47. The SMILES string of the molecule is O=C1COc2ccc(CNCCCC3CC3)cc2N1. The first-order valence-corrected chi connectivity index (χ1v) is 7.07. The maximum atomic E-state index is 11.3. The van der Waals surface area contributed by atoms with Crippen LogP contribution in [-0.4, -0.2) is 19.1 Å². The van der Waals surface area contributed by atoms with E-state index in [0.29, 0.717) is 0 Å². The second-order valence-electron chi connectivity index (χ2n) is 5.43. The predicted octanol–water partition coefficient (Wildman–Crippen LogP) is 2.30. The van der Waals surface area contributed by atoms with Gasteiger partial charge in [0, 0.05) is 6.54 Å². The van der Waals surface area contributed by atoms with Crippen molar-refractivity contribution in [1.29, 1.82) is 0 Å². The molecule has 1 amide bonds. The molecule has 0 spiro atoms. The van der Waals surface area contributed by atoms with Crippen LogP contribution in [0.2, 0.25) is 0 Å². The Hall–Kier alpha value is -1.55. The molecular weight excluding hydrogens is 240 g/mol. The minimum atomic E-state index is -0.0814. The van der Waals surface area contributed by atoms with Gasteiger partial charge in [-0.05, 0) is 43.0 Å². The number of amides is 1. The fraction of sp³-hybridized carbons (Fsp3) is 0.533. The normalized spacial score (nSPS) is 17.6. The average molecular weight is 260 g/mol. The Morgan fingerprint density at radius 2 is 2.26 bits per heavy atom. The van der Waals surface area contributed by atoms with E-state index in [1.165, 1.54) is 31.2 Å². The Morgan fingerprint density at radius 1 is 1.37 bits per heavy atom. The van der Waals surface area contributed by atoms with Gasteiger partial charge in [-0.1, -0.05) is 18.9 Å². The van der Waals surface area contributed by atoms with Gasteiger partial charge >= 0.3 is 0 Å². The Kier molecular flexibility index (Phi) is 3.69. The van der Waals surface area contributed by atoms with Crippen molar-refractivity contribution in [3.63, 3.8) is 0 Å². The molecule has 3 rings (SSSR count). The van der Waals surface area contributed by atoms with Crippen LogP contribution >= 0.6 is 0 Å². The van der Waals surface area contributed by atoms with E-state index < -0.39 is 0 Å². The van der Waals surface area contributed by atoms with E-state index in [0.717, 1.165) is 30.4 Å². The van der Waals surface area contributed by atoms with E-state index in [1.807, 2.05) is 18.2 Å². The van der Waals surface area contributed by atoms with Crippen LogP contribution in [0.5, 0.6) is 5.75 Å². The van der Waals surface area contributed by atoms with Gasteiger partial charge < -0.3 is 15.4 Å². The summed E-state index contributed by atoms with van der Waals surface area (Å²) in [4.78, 5) is 11.3. The maximum absolute atomic E-state index is 11.3. The second kappa shape index (κ2) is 5.61. The summed E-state index contributed by atoms with van der Waals surface area (Å²) in [6.07, 6.45) is 5.49. The maximum Gasteiger partial charge on any atom is 0.262 e. The number of rotatable bonds is 6. The number of ether oxygens (including phenoxy) is 1. The molecule has 2 aliphatic rings. The molecule has 0 radical (unpaired) electrons. The molecule has 4 heteroatoms. The molecule has 1 aliphatic heterocycles. The molecule has 4 nitrogen and oxygen atoms in total. The standard InChI is InChI=1S/C15H20N2O2/c18-15-10-19-14-6-5-12(8-13(14)17-15)9-16-7-1-2-11-3-4-11/h5-6,8,11,16H,1-4,7,9-10H2,(H,17,18). The van der Waals surface area contributed by atoms with Crippen LogP contribution in [0, 0.1) is 5.92 Å². The van der Waals surface area contributed by atoms with Crippen LogP contribution in [0.25, 0.3) is 0 Å². The van der Waals surface area contributed by atoms with Crippen LogP contribution in [0.15, 0.2) is 18.2 Å². The van der Waals surface area contributed by atoms with Crippen molar-refractivity contribution < 1.29 is 9.53 Å². The topological polar surface area (TPSA) is 50.4 Å². The first-order valence-electron chi connectivity index (χ1n) is 7.07. The Labute approximate surface area is 113 Å². The van der Waals surface area contributed by atoms with Crippen molar-refractivity contribution in [2.24, 2.45) is 5.92 Å². The number of nitrogens with one attached hydrogen (secondary N) is 2. The summed E-state index contributed by atoms with van der Waals surface area (Å²) in [7, 11) is 0. The van der Waals surface area contributed by atoms with Crippen LogP contribution in [-0.2, 0) is 11.3 Å². The van der Waals surface area contributed by atoms with Gasteiger partial charge in [-0.25, -0.2) is 0 Å². The first-order chi connectivity index (χ1) is 9.31. The molecule has 0 saturated heterocycles. The van der Waals surface area contributed by atoms with Crippen molar-refractivity contribution in [2.75, 3.05) is 18.5 Å². The lowest BCUT2D eigenvalue weighted by Gasteiger charge is -2.18. The van der Waals surface area contributed by atoms with Crippen LogP contribution < -0.4 is 15.4 Å². The molecule has 0 bridgehead atoms. The van der Waals surface area contributed by atoms with E-state index in [4.69, 9.17) is 4.74 Å². The summed E-state index contributed by atoms with van der Waals surface area (Å²) >= 11 is 0. The summed E-state index contributed by atoms with van der Waals surface area (Å²) in [5.41, 5.74) is 1.96. The number of anilines is 1. The Morgan fingerprint density at radius 3 is 3.11 bits per heavy atom. The van der Waals surface area contributed by atoms with Gasteiger partial charge in [0.05, 0.1) is 5.69 Å². The zero-order valence-electron chi connectivity index (χ0n) is 11.1. The highest BCUT2D eigenvalue weighted by Crippen LogP contribution is 2.33. The average Bonchev–Trinajstić information content (AvgIpc) is 3.22. The summed E-state index contributed by atoms with van der Waals surface area (Å²) in [6.45, 7) is 2.02. The largest absolute Gasteiger partial charge is 0.482 e. The molecule has 0 aromatic heterocycles. The smallest absolute Gasteiger partial charge is 0.262 e. The predicted molar refractivity (Wildman–Crippen MR) is 74.2 cm³/mol. The van der Waals surface area contributed by atoms with Gasteiger partial charge in [-0.3, -0.25) is 4.79 Å². The molecule has 1 aromatic carbocycles. The number of hydrogen-bond acceptors (Lipinski definition) is 3. The number of carbonyl (C=O) groups excluding carboxylic acids is 1. The van der Waals surface area contributed by atoms with Crippen molar-refractivity contribution in [2.45, 2.75) is 32.2 Å². The molecule has 1 fully saturated rings. The summed E-state index contributed by atoms with van der Waals surface area (Å²) in [5, 5.41) is 6.28. The number of carbonyl (C=O) groups is 1. The van der Waals surface area contributed by atoms with Crippen LogP contribution in [0.3, 0.4) is 0 Å². The fourth-order valence-electron chi connectivity index (χ4n) is 2.40. The molecule has 2 N–H and O–H groups in total. The highest BCUT2D eigenvalue weighted by molar-refractivity contribution is 5.95. The molecule has 1 aromatic rings. The van der Waals surface area contributed by atoms with Gasteiger partial charge in [-0.15, -0.1) is 0 Å². The van der Waals surface area contributed by atoms with E-state index in [-0.39, 0.29) is 12.5 Å². The van der Waals surface area contributed by atoms with Crippen LogP contribution in [0.1, 0.15) is 31.2 Å². The molecule has 102 valence electrons. The summed E-state index contributed by atoms with van der Waals surface area (Å²) in [6, 6.07) is 5.96. The number of benzene rings is 1. The van der Waals surface area contributed by atoms with Gasteiger partial charge in [0.2, 0.25) is 0 Å². The molecular formula is C15H20N2O2. The summed E-state index contributed by atoms with van der Waals surface area (Å²) in [5.74, 6) is 1.69. The lowest BCUT2D eigenvalue weighted by molar-refractivity contribution is -0.118. The molecule has 1 heterocycles. The Bertz CT molecular complexity index is 469. The minimum absolute atomic E-state index is 0.0814. The first kappa shape index (κ1) is 12.5. The van der Waals surface area contributed by atoms with Gasteiger partial charge in [-0.2, -0.15) is 0 Å². The third kappa shape index (κ3) is 3.47. The van der Waals surface area contributed by atoms with E-state index >= 15 is 0 Å². The van der Waals surface area contributed by atoms with Gasteiger partial charge in [0.1, 0.15) is 5.75 Å². The van der Waals surface area contributed by atoms with E-state index in [2.05, 4.69) is 10.6 Å². The van der Waals surface area contributed by atoms with E-state index in [9.17, 15) is 4.79 Å². The van der Waals surface area contributed by atoms with Crippen molar-refractivity contribution in [3.05, 3.63) is 23.8 Å². The van der Waals surface area contributed by atoms with Gasteiger partial charge in [0.15, 0.2) is 6.61 Å². The lowest BCUT2D eigenvalue weighted by atomic mass is 10.1. The molecule has 0 unspecified atom stereocenters. The van der Waals surface area contributed by atoms with Crippen molar-refractivity contribution >= 4 is 11.6 Å². The zero-order chi connectivity index (χ0) is 13.1. The molecule has 0 atom stereocenters.